The lowest BCUT2D eigenvalue weighted by Gasteiger charge is -2.37. The van der Waals surface area contributed by atoms with E-state index in [0.29, 0.717) is 30.8 Å². The van der Waals surface area contributed by atoms with Gasteiger partial charge in [-0.15, -0.1) is 0 Å². The Labute approximate surface area is 165 Å². The number of rotatable bonds is 4. The predicted molar refractivity (Wildman–Crippen MR) is 107 cm³/mol. The zero-order valence-corrected chi connectivity index (χ0v) is 16.5. The monoisotopic (exact) mass is 400 g/mol. The Balaban J connectivity index is 1.32. The number of carbonyl (C=O) groups is 1. The number of piperazine rings is 1. The van der Waals surface area contributed by atoms with Gasteiger partial charge in [0, 0.05) is 37.8 Å². The van der Waals surface area contributed by atoms with Crippen molar-refractivity contribution in [2.45, 2.75) is 12.5 Å². The highest BCUT2D eigenvalue weighted by molar-refractivity contribution is 7.91. The van der Waals surface area contributed by atoms with Crippen molar-refractivity contribution >= 4 is 15.7 Å². The van der Waals surface area contributed by atoms with Crippen LogP contribution < -0.4 is 4.74 Å². The highest BCUT2D eigenvalue weighted by Gasteiger charge is 2.34. The Morgan fingerprint density at radius 1 is 0.893 bits per heavy atom. The zero-order valence-electron chi connectivity index (χ0n) is 15.7. The van der Waals surface area contributed by atoms with Gasteiger partial charge in [0.15, 0.2) is 9.84 Å². The summed E-state index contributed by atoms with van der Waals surface area (Å²) >= 11 is 0. The van der Waals surface area contributed by atoms with E-state index in [1.54, 1.807) is 24.3 Å². The van der Waals surface area contributed by atoms with Crippen LogP contribution in [0.3, 0.4) is 0 Å². The van der Waals surface area contributed by atoms with E-state index in [1.807, 2.05) is 35.2 Å². The number of ether oxygens (including phenoxy) is 1. The SMILES string of the molecule is O=C(c1ccc(Oc2ccccc2)cc1)N1CCN([C@H]2CCS(=O)(=O)C2)CC1. The van der Waals surface area contributed by atoms with Gasteiger partial charge >= 0.3 is 0 Å². The molecule has 4 rings (SSSR count). The van der Waals surface area contributed by atoms with Crippen LogP contribution in [-0.2, 0) is 9.84 Å². The van der Waals surface area contributed by atoms with Crippen LogP contribution in [0.25, 0.3) is 0 Å². The molecule has 7 heteroatoms. The third kappa shape index (κ3) is 4.36. The molecule has 2 fully saturated rings. The maximum atomic E-state index is 12.8. The topological polar surface area (TPSA) is 66.9 Å². The molecule has 0 N–H and O–H groups in total. The molecule has 28 heavy (non-hydrogen) atoms. The van der Waals surface area contributed by atoms with Gasteiger partial charge in [-0.05, 0) is 42.8 Å². The molecule has 2 aromatic carbocycles. The maximum Gasteiger partial charge on any atom is 0.253 e. The Kier molecular flexibility index (Phi) is 5.37. The fourth-order valence-corrected chi connectivity index (χ4v) is 5.59. The lowest BCUT2D eigenvalue weighted by molar-refractivity contribution is 0.0588. The molecule has 1 atom stereocenters. The van der Waals surface area contributed by atoms with Crippen LogP contribution in [0.4, 0.5) is 0 Å². The number of nitrogens with zero attached hydrogens (tertiary/aromatic N) is 2. The average Bonchev–Trinajstić information content (AvgIpc) is 3.09. The number of benzene rings is 2. The van der Waals surface area contributed by atoms with Crippen molar-refractivity contribution in [3.8, 4) is 11.5 Å². The zero-order chi connectivity index (χ0) is 19.6. The van der Waals surface area contributed by atoms with Crippen LogP contribution in [-0.4, -0.2) is 67.9 Å². The largest absolute Gasteiger partial charge is 0.457 e. The third-order valence-electron chi connectivity index (χ3n) is 5.41. The standard InChI is InChI=1S/C21H24N2O4S/c24-21(17-6-8-20(9-7-17)27-19-4-2-1-3-5-19)23-13-11-22(12-14-23)18-10-15-28(25,26)16-18/h1-9,18H,10-16H2/t18-/m0/s1. The number of amides is 1. The summed E-state index contributed by atoms with van der Waals surface area (Å²) in [5.74, 6) is 1.99. The average molecular weight is 401 g/mol. The predicted octanol–water partition coefficient (Wildman–Crippen LogP) is 2.42. The fraction of sp³-hybridized carbons (Fsp3) is 0.381. The number of hydrogen-bond acceptors (Lipinski definition) is 5. The molecule has 2 heterocycles. The molecule has 148 valence electrons. The van der Waals surface area contributed by atoms with Gasteiger partial charge in [0.25, 0.3) is 5.91 Å². The van der Waals surface area contributed by atoms with E-state index in [9.17, 15) is 13.2 Å². The second kappa shape index (κ2) is 7.93. The van der Waals surface area contributed by atoms with Crippen molar-refractivity contribution in [1.82, 2.24) is 9.80 Å². The summed E-state index contributed by atoms with van der Waals surface area (Å²) in [6, 6.07) is 16.8. The fourth-order valence-electron chi connectivity index (χ4n) is 3.83. The summed E-state index contributed by atoms with van der Waals surface area (Å²) < 4.78 is 29.1. The van der Waals surface area contributed by atoms with Crippen LogP contribution in [0.2, 0.25) is 0 Å². The number of sulfone groups is 1. The second-order valence-electron chi connectivity index (χ2n) is 7.32. The van der Waals surface area contributed by atoms with E-state index in [4.69, 9.17) is 4.74 Å². The van der Waals surface area contributed by atoms with Gasteiger partial charge in [-0.1, -0.05) is 18.2 Å². The minimum atomic E-state index is -2.88. The van der Waals surface area contributed by atoms with E-state index < -0.39 is 9.84 Å². The van der Waals surface area contributed by atoms with Gasteiger partial charge in [-0.3, -0.25) is 9.69 Å². The van der Waals surface area contributed by atoms with Gasteiger partial charge < -0.3 is 9.64 Å². The highest BCUT2D eigenvalue weighted by atomic mass is 32.2. The van der Waals surface area contributed by atoms with Gasteiger partial charge in [-0.25, -0.2) is 8.42 Å². The summed E-state index contributed by atoms with van der Waals surface area (Å²) in [5, 5.41) is 0. The van der Waals surface area contributed by atoms with E-state index in [-0.39, 0.29) is 23.5 Å². The molecule has 0 aliphatic carbocycles. The smallest absolute Gasteiger partial charge is 0.253 e. The van der Waals surface area contributed by atoms with E-state index >= 15 is 0 Å². The molecule has 0 unspecified atom stereocenters. The summed E-state index contributed by atoms with van der Waals surface area (Å²) in [5.41, 5.74) is 0.636. The van der Waals surface area contributed by atoms with Gasteiger partial charge in [0.1, 0.15) is 11.5 Å². The van der Waals surface area contributed by atoms with Crippen molar-refractivity contribution in [3.63, 3.8) is 0 Å². The Morgan fingerprint density at radius 2 is 1.54 bits per heavy atom. The van der Waals surface area contributed by atoms with Gasteiger partial charge in [0.05, 0.1) is 11.5 Å². The van der Waals surface area contributed by atoms with E-state index in [1.165, 1.54) is 0 Å². The first-order valence-corrected chi connectivity index (χ1v) is 11.4. The summed E-state index contributed by atoms with van der Waals surface area (Å²) in [6.07, 6.45) is 0.707. The molecule has 0 spiro atoms. The Morgan fingerprint density at radius 3 is 2.14 bits per heavy atom. The molecule has 6 nitrogen and oxygen atoms in total. The first-order valence-electron chi connectivity index (χ1n) is 9.57. The van der Waals surface area contributed by atoms with Crippen molar-refractivity contribution in [2.75, 3.05) is 37.7 Å². The number of carbonyl (C=O) groups excluding carboxylic acids is 1. The molecular formula is C21H24N2O4S. The molecule has 0 saturated carbocycles. The first kappa shape index (κ1) is 19.0. The molecule has 2 aromatic rings. The van der Waals surface area contributed by atoms with Crippen molar-refractivity contribution in [2.24, 2.45) is 0 Å². The van der Waals surface area contributed by atoms with Gasteiger partial charge in [-0.2, -0.15) is 0 Å². The number of hydrogen-bond donors (Lipinski definition) is 0. The van der Waals surface area contributed by atoms with Crippen molar-refractivity contribution < 1.29 is 17.9 Å². The molecule has 0 aromatic heterocycles. The summed E-state index contributed by atoms with van der Waals surface area (Å²) in [7, 11) is -2.88. The van der Waals surface area contributed by atoms with Crippen LogP contribution in [0.1, 0.15) is 16.8 Å². The Bertz CT molecular complexity index is 921. The highest BCUT2D eigenvalue weighted by Crippen LogP contribution is 2.23. The Hall–Kier alpha value is -2.38. The summed E-state index contributed by atoms with van der Waals surface area (Å²) in [6.45, 7) is 2.69. The molecule has 2 saturated heterocycles. The molecule has 0 radical (unpaired) electrons. The van der Waals surface area contributed by atoms with Crippen LogP contribution >= 0.6 is 0 Å². The second-order valence-corrected chi connectivity index (χ2v) is 9.55. The van der Waals surface area contributed by atoms with Crippen molar-refractivity contribution in [1.29, 1.82) is 0 Å². The normalized spacial score (nSPS) is 22.1. The minimum Gasteiger partial charge on any atom is -0.457 e. The first-order chi connectivity index (χ1) is 13.5. The third-order valence-corrected chi connectivity index (χ3v) is 7.16. The number of para-hydroxylation sites is 1. The minimum absolute atomic E-state index is 0.00459. The molecule has 2 aliphatic rings. The van der Waals surface area contributed by atoms with Gasteiger partial charge in [0.2, 0.25) is 0 Å². The van der Waals surface area contributed by atoms with Crippen LogP contribution in [0, 0.1) is 0 Å². The lowest BCUT2D eigenvalue weighted by atomic mass is 10.1. The van der Waals surface area contributed by atoms with Crippen LogP contribution in [0.5, 0.6) is 11.5 Å². The van der Waals surface area contributed by atoms with Crippen LogP contribution in [0.15, 0.2) is 54.6 Å². The van der Waals surface area contributed by atoms with E-state index in [0.717, 1.165) is 18.8 Å². The molecular weight excluding hydrogens is 376 g/mol. The molecule has 0 bridgehead atoms. The summed E-state index contributed by atoms with van der Waals surface area (Å²) in [4.78, 5) is 16.8. The lowest BCUT2D eigenvalue weighted by Crippen LogP contribution is -2.52. The van der Waals surface area contributed by atoms with Crippen molar-refractivity contribution in [3.05, 3.63) is 60.2 Å². The molecule has 1 amide bonds. The quantitative estimate of drug-likeness (QED) is 0.789. The molecule has 2 aliphatic heterocycles. The maximum absolute atomic E-state index is 12.8. The van der Waals surface area contributed by atoms with E-state index in [2.05, 4.69) is 4.90 Å².